The van der Waals surface area contributed by atoms with Crippen LogP contribution in [0.1, 0.15) is 44.1 Å². The van der Waals surface area contributed by atoms with Crippen LogP contribution in [0.15, 0.2) is 24.3 Å². The molecule has 0 N–H and O–H groups in total. The fourth-order valence-electron chi connectivity index (χ4n) is 6.24. The predicted octanol–water partition coefficient (Wildman–Crippen LogP) is 4.15. The smallest absolute Gasteiger partial charge is 0.233 e. The maximum Gasteiger partial charge on any atom is 0.233 e. The molecule has 5 aliphatic rings. The van der Waals surface area contributed by atoms with Gasteiger partial charge in [-0.25, -0.2) is 0 Å². The minimum atomic E-state index is -0.163. The standard InChI is InChI=1S/C19H22ClNO/c20-19-10-13-7-14(11-19)9-18(8-13,12-19)17(22)21-6-5-15-3-1-2-4-16(15)21/h1-4,13-14H,5-12H2/t13-,14+,18?,19?. The van der Waals surface area contributed by atoms with Gasteiger partial charge in [-0.15, -0.1) is 11.6 Å². The molecule has 1 aromatic rings. The number of carbonyl (C=O) groups excluding carboxylic acids is 1. The lowest BCUT2D eigenvalue weighted by Gasteiger charge is -2.59. The van der Waals surface area contributed by atoms with Crippen LogP contribution in [-0.4, -0.2) is 17.3 Å². The number of amides is 1. The lowest BCUT2D eigenvalue weighted by atomic mass is 9.49. The number of para-hydroxylation sites is 1. The van der Waals surface area contributed by atoms with Gasteiger partial charge in [0.15, 0.2) is 0 Å². The van der Waals surface area contributed by atoms with Crippen molar-refractivity contribution in [3.8, 4) is 0 Å². The second kappa shape index (κ2) is 4.29. The number of anilines is 1. The minimum absolute atomic E-state index is 0.0843. The van der Waals surface area contributed by atoms with Crippen molar-refractivity contribution in [3.05, 3.63) is 29.8 Å². The second-order valence-corrected chi connectivity index (χ2v) is 9.03. The fourth-order valence-corrected chi connectivity index (χ4v) is 6.93. The molecule has 2 unspecified atom stereocenters. The van der Waals surface area contributed by atoms with Crippen LogP contribution in [0.5, 0.6) is 0 Å². The number of fused-ring (bicyclic) bond motifs is 1. The van der Waals surface area contributed by atoms with Crippen LogP contribution < -0.4 is 4.90 Å². The number of hydrogen-bond donors (Lipinski definition) is 0. The quantitative estimate of drug-likeness (QED) is 0.713. The van der Waals surface area contributed by atoms with Gasteiger partial charge in [-0.1, -0.05) is 18.2 Å². The van der Waals surface area contributed by atoms with Crippen LogP contribution in [0.3, 0.4) is 0 Å². The Morgan fingerprint density at radius 2 is 1.86 bits per heavy atom. The molecule has 4 saturated carbocycles. The number of rotatable bonds is 1. The Bertz CT molecular complexity index is 641. The van der Waals surface area contributed by atoms with Gasteiger partial charge in [0.2, 0.25) is 5.91 Å². The number of halogens is 1. The highest BCUT2D eigenvalue weighted by atomic mass is 35.5. The summed E-state index contributed by atoms with van der Waals surface area (Å²) in [5.74, 6) is 1.73. The Morgan fingerprint density at radius 3 is 2.59 bits per heavy atom. The second-order valence-electron chi connectivity index (χ2n) is 8.23. The molecule has 0 saturated heterocycles. The van der Waals surface area contributed by atoms with E-state index in [9.17, 15) is 4.79 Å². The van der Waals surface area contributed by atoms with Crippen molar-refractivity contribution in [3.63, 3.8) is 0 Å². The Kier molecular flexibility index (Phi) is 2.61. The SMILES string of the molecule is O=C(N1CCc2ccccc21)C12C[C@@H]3C[C@@H](CC(Cl)(C3)C1)C2. The summed E-state index contributed by atoms with van der Waals surface area (Å²) in [6.07, 6.45) is 7.64. The van der Waals surface area contributed by atoms with Crippen LogP contribution in [0.4, 0.5) is 5.69 Å². The van der Waals surface area contributed by atoms with Crippen molar-refractivity contribution in [2.45, 2.75) is 49.8 Å². The summed E-state index contributed by atoms with van der Waals surface area (Å²) in [6.45, 7) is 0.852. The summed E-state index contributed by atoms with van der Waals surface area (Å²) >= 11 is 6.90. The average Bonchev–Trinajstić information content (AvgIpc) is 2.87. The summed E-state index contributed by atoms with van der Waals surface area (Å²) in [6, 6.07) is 8.39. The third-order valence-corrected chi connectivity index (χ3v) is 7.02. The van der Waals surface area contributed by atoms with E-state index in [1.807, 2.05) is 6.07 Å². The van der Waals surface area contributed by atoms with E-state index in [2.05, 4.69) is 23.1 Å². The number of hydrogen-bond acceptors (Lipinski definition) is 1. The normalized spacial score (nSPS) is 41.8. The van der Waals surface area contributed by atoms with E-state index in [4.69, 9.17) is 11.6 Å². The molecule has 3 heteroatoms. The summed E-state index contributed by atoms with van der Waals surface area (Å²) in [5, 5.41) is 0. The maximum atomic E-state index is 13.5. The number of alkyl halides is 1. The van der Waals surface area contributed by atoms with Crippen molar-refractivity contribution >= 4 is 23.2 Å². The van der Waals surface area contributed by atoms with Gasteiger partial charge >= 0.3 is 0 Å². The zero-order valence-corrected chi connectivity index (χ0v) is 13.6. The van der Waals surface area contributed by atoms with E-state index in [1.165, 1.54) is 12.0 Å². The third kappa shape index (κ3) is 1.76. The van der Waals surface area contributed by atoms with E-state index in [-0.39, 0.29) is 10.3 Å². The monoisotopic (exact) mass is 315 g/mol. The Labute approximate surface area is 136 Å². The molecule has 0 aromatic heterocycles. The summed E-state index contributed by atoms with van der Waals surface area (Å²) in [5.41, 5.74) is 2.30. The van der Waals surface area contributed by atoms with Crippen molar-refractivity contribution in [1.82, 2.24) is 0 Å². The molecule has 116 valence electrons. The first kappa shape index (κ1) is 13.4. The van der Waals surface area contributed by atoms with E-state index in [1.54, 1.807) is 0 Å². The molecule has 1 aliphatic heterocycles. The molecule has 1 amide bonds. The van der Waals surface area contributed by atoms with Gasteiger partial charge in [0.25, 0.3) is 0 Å². The van der Waals surface area contributed by atoms with E-state index < -0.39 is 0 Å². The number of benzene rings is 1. The first-order valence-corrected chi connectivity index (χ1v) is 9.04. The average molecular weight is 316 g/mol. The van der Waals surface area contributed by atoms with E-state index in [0.717, 1.165) is 50.8 Å². The van der Waals surface area contributed by atoms with Gasteiger partial charge in [0.1, 0.15) is 0 Å². The summed E-state index contributed by atoms with van der Waals surface area (Å²) in [4.78, 5) is 15.5. The summed E-state index contributed by atoms with van der Waals surface area (Å²) in [7, 11) is 0. The molecule has 1 aromatic carbocycles. The lowest BCUT2D eigenvalue weighted by Crippen LogP contribution is -2.59. The number of carbonyl (C=O) groups is 1. The van der Waals surface area contributed by atoms with Gasteiger partial charge in [0.05, 0.1) is 5.41 Å². The molecule has 4 atom stereocenters. The van der Waals surface area contributed by atoms with Crippen molar-refractivity contribution in [2.24, 2.45) is 17.3 Å². The maximum absolute atomic E-state index is 13.5. The van der Waals surface area contributed by atoms with Crippen LogP contribution >= 0.6 is 11.6 Å². The van der Waals surface area contributed by atoms with Crippen LogP contribution in [0.25, 0.3) is 0 Å². The van der Waals surface area contributed by atoms with Gasteiger partial charge in [-0.2, -0.15) is 0 Å². The topological polar surface area (TPSA) is 20.3 Å². The van der Waals surface area contributed by atoms with Gasteiger partial charge in [-0.3, -0.25) is 4.79 Å². The Hall–Kier alpha value is -1.02. The molecule has 4 aliphatic carbocycles. The summed E-state index contributed by atoms with van der Waals surface area (Å²) < 4.78 is 0. The number of nitrogens with zero attached hydrogens (tertiary/aromatic N) is 1. The zero-order valence-electron chi connectivity index (χ0n) is 12.9. The van der Waals surface area contributed by atoms with Crippen molar-refractivity contribution in [1.29, 1.82) is 0 Å². The molecular weight excluding hydrogens is 294 g/mol. The van der Waals surface area contributed by atoms with Crippen molar-refractivity contribution < 1.29 is 4.79 Å². The van der Waals surface area contributed by atoms with Gasteiger partial charge in [0, 0.05) is 17.1 Å². The van der Waals surface area contributed by atoms with E-state index in [0.29, 0.717) is 17.7 Å². The molecule has 4 fully saturated rings. The molecule has 22 heavy (non-hydrogen) atoms. The highest BCUT2D eigenvalue weighted by Gasteiger charge is 2.61. The molecule has 0 spiro atoms. The van der Waals surface area contributed by atoms with Crippen LogP contribution in [0.2, 0.25) is 0 Å². The highest BCUT2D eigenvalue weighted by molar-refractivity contribution is 6.24. The molecule has 6 rings (SSSR count). The van der Waals surface area contributed by atoms with Crippen LogP contribution in [0, 0.1) is 17.3 Å². The molecule has 2 nitrogen and oxygen atoms in total. The van der Waals surface area contributed by atoms with Crippen LogP contribution in [-0.2, 0) is 11.2 Å². The molecule has 1 heterocycles. The predicted molar refractivity (Wildman–Crippen MR) is 88.2 cm³/mol. The van der Waals surface area contributed by atoms with Gasteiger partial charge < -0.3 is 4.90 Å². The highest BCUT2D eigenvalue weighted by Crippen LogP contribution is 2.64. The molecule has 0 radical (unpaired) electrons. The first-order chi connectivity index (χ1) is 10.6. The molecular formula is C19H22ClNO. The van der Waals surface area contributed by atoms with Gasteiger partial charge in [-0.05, 0) is 68.4 Å². The minimum Gasteiger partial charge on any atom is -0.311 e. The zero-order chi connectivity index (χ0) is 14.9. The largest absolute Gasteiger partial charge is 0.311 e. The molecule has 4 bridgehead atoms. The van der Waals surface area contributed by atoms with Crippen molar-refractivity contribution in [2.75, 3.05) is 11.4 Å². The lowest BCUT2D eigenvalue weighted by molar-refractivity contribution is -0.141. The first-order valence-electron chi connectivity index (χ1n) is 8.66. The van der Waals surface area contributed by atoms with E-state index >= 15 is 0 Å². The fraction of sp³-hybridized carbons (Fsp3) is 0.632. The Balaban J connectivity index is 1.51. The Morgan fingerprint density at radius 1 is 1.14 bits per heavy atom. The third-order valence-electron chi connectivity index (χ3n) is 6.58.